The van der Waals surface area contributed by atoms with E-state index in [0.29, 0.717) is 43.3 Å². The maximum absolute atomic E-state index is 12.6. The number of aryl methyl sites for hydroxylation is 1. The summed E-state index contributed by atoms with van der Waals surface area (Å²) in [5.41, 5.74) is 0.767. The van der Waals surface area contributed by atoms with Gasteiger partial charge in [0.1, 0.15) is 17.2 Å². The first-order chi connectivity index (χ1) is 17.5. The van der Waals surface area contributed by atoms with E-state index in [1.165, 1.54) is 0 Å². The number of aromatic nitrogens is 2. The fourth-order valence-corrected chi connectivity index (χ4v) is 4.55. The maximum Gasteiger partial charge on any atom is 0.328 e. The lowest BCUT2D eigenvalue weighted by Crippen LogP contribution is -2.71. The second-order valence-corrected chi connectivity index (χ2v) is 8.61. The first-order valence-corrected chi connectivity index (χ1v) is 11.6. The maximum atomic E-state index is 12.6. The Bertz CT molecular complexity index is 1250. The Labute approximate surface area is 206 Å². The van der Waals surface area contributed by atoms with E-state index in [1.807, 2.05) is 30.3 Å². The van der Waals surface area contributed by atoms with Crippen molar-refractivity contribution in [1.82, 2.24) is 20.8 Å². The second kappa shape index (κ2) is 9.78. The summed E-state index contributed by atoms with van der Waals surface area (Å²) in [7, 11) is 1.67. The van der Waals surface area contributed by atoms with Gasteiger partial charge in [0, 0.05) is 44.4 Å². The van der Waals surface area contributed by atoms with Crippen LogP contribution in [-0.2, 0) is 20.7 Å². The molecule has 186 valence electrons. The van der Waals surface area contributed by atoms with E-state index in [9.17, 15) is 14.4 Å². The quantitative estimate of drug-likeness (QED) is 0.360. The highest BCUT2D eigenvalue weighted by Crippen LogP contribution is 2.36. The minimum absolute atomic E-state index is 0.308. The number of amides is 4. The SMILES string of the molecule is COCCCc1cc(-c2ccc(Oc3ccc(N4CCCC45C(=O)NC(=O)NC5=O)cn3)cc2)no1. The van der Waals surface area contributed by atoms with Gasteiger partial charge in [-0.25, -0.2) is 9.78 Å². The van der Waals surface area contributed by atoms with Crippen molar-refractivity contribution in [3.63, 3.8) is 0 Å². The molecule has 4 heterocycles. The fourth-order valence-electron chi connectivity index (χ4n) is 4.55. The Morgan fingerprint density at radius 3 is 2.56 bits per heavy atom. The molecule has 0 atom stereocenters. The smallest absolute Gasteiger partial charge is 0.328 e. The molecule has 2 fully saturated rings. The number of benzene rings is 1. The van der Waals surface area contributed by atoms with Crippen molar-refractivity contribution in [3.8, 4) is 22.9 Å². The molecular weight excluding hydrogens is 466 g/mol. The standard InChI is InChI=1S/C25H25N5O6/c1-34-13-2-4-19-14-20(29-36-19)16-5-8-18(9-6-16)35-21-10-7-17(15-26-21)30-12-3-11-25(30)22(31)27-24(33)28-23(25)32/h5-10,14-15H,2-4,11-13H2,1H3,(H2,27,28,31,32,33). The number of imide groups is 2. The van der Waals surface area contributed by atoms with Gasteiger partial charge >= 0.3 is 6.03 Å². The number of methoxy groups -OCH3 is 1. The summed E-state index contributed by atoms with van der Waals surface area (Å²) in [6, 6.07) is 11.9. The number of carbonyl (C=O) groups excluding carboxylic acids is 3. The molecule has 2 N–H and O–H groups in total. The molecule has 3 aromatic rings. The van der Waals surface area contributed by atoms with Gasteiger partial charge in [0.2, 0.25) is 5.88 Å². The Morgan fingerprint density at radius 1 is 1.08 bits per heavy atom. The zero-order valence-corrected chi connectivity index (χ0v) is 19.7. The summed E-state index contributed by atoms with van der Waals surface area (Å²) in [5.74, 6) is 0.507. The molecule has 11 nitrogen and oxygen atoms in total. The number of hydrogen-bond acceptors (Lipinski definition) is 9. The summed E-state index contributed by atoms with van der Waals surface area (Å²) in [4.78, 5) is 42.8. The van der Waals surface area contributed by atoms with E-state index < -0.39 is 23.4 Å². The first kappa shape index (κ1) is 23.5. The van der Waals surface area contributed by atoms with Crippen molar-refractivity contribution in [1.29, 1.82) is 0 Å². The monoisotopic (exact) mass is 491 g/mol. The molecule has 2 saturated heterocycles. The van der Waals surface area contributed by atoms with E-state index in [1.54, 1.807) is 30.3 Å². The predicted octanol–water partition coefficient (Wildman–Crippen LogP) is 2.81. The number of carbonyl (C=O) groups is 3. The number of pyridine rings is 1. The van der Waals surface area contributed by atoms with Gasteiger partial charge in [-0.2, -0.15) is 0 Å². The van der Waals surface area contributed by atoms with Crippen LogP contribution in [0.3, 0.4) is 0 Å². The topological polar surface area (TPSA) is 136 Å². The highest BCUT2D eigenvalue weighted by atomic mass is 16.5. The molecule has 1 spiro atoms. The van der Waals surface area contributed by atoms with Gasteiger partial charge < -0.3 is 18.9 Å². The van der Waals surface area contributed by atoms with Crippen LogP contribution in [0.15, 0.2) is 53.2 Å². The normalized spacial score (nSPS) is 16.8. The van der Waals surface area contributed by atoms with E-state index >= 15 is 0 Å². The molecular formula is C25H25N5O6. The minimum atomic E-state index is -1.46. The summed E-state index contributed by atoms with van der Waals surface area (Å²) >= 11 is 0. The van der Waals surface area contributed by atoms with Crippen LogP contribution in [0.2, 0.25) is 0 Å². The highest BCUT2D eigenvalue weighted by molar-refractivity contribution is 6.24. The van der Waals surface area contributed by atoms with Crippen molar-refractivity contribution < 1.29 is 28.4 Å². The van der Waals surface area contributed by atoms with Gasteiger partial charge in [-0.3, -0.25) is 20.2 Å². The van der Waals surface area contributed by atoms with Crippen LogP contribution in [0.25, 0.3) is 11.3 Å². The number of nitrogens with zero attached hydrogens (tertiary/aromatic N) is 3. The Balaban J connectivity index is 1.25. The minimum Gasteiger partial charge on any atom is -0.439 e. The predicted molar refractivity (Wildman–Crippen MR) is 127 cm³/mol. The second-order valence-electron chi connectivity index (χ2n) is 8.61. The van der Waals surface area contributed by atoms with Gasteiger partial charge in [-0.05, 0) is 49.6 Å². The molecule has 11 heteroatoms. The molecule has 36 heavy (non-hydrogen) atoms. The Morgan fingerprint density at radius 2 is 1.86 bits per heavy atom. The molecule has 0 unspecified atom stereocenters. The van der Waals surface area contributed by atoms with Gasteiger partial charge in [0.25, 0.3) is 11.8 Å². The van der Waals surface area contributed by atoms with Crippen molar-refractivity contribution >= 4 is 23.5 Å². The van der Waals surface area contributed by atoms with Crippen LogP contribution in [-0.4, -0.2) is 53.8 Å². The van der Waals surface area contributed by atoms with Crippen LogP contribution in [0, 0.1) is 0 Å². The summed E-state index contributed by atoms with van der Waals surface area (Å²) < 4.78 is 16.3. The fraction of sp³-hybridized carbons (Fsp3) is 0.320. The molecule has 0 radical (unpaired) electrons. The third kappa shape index (κ3) is 4.40. The van der Waals surface area contributed by atoms with E-state index in [0.717, 1.165) is 29.9 Å². The number of rotatable bonds is 8. The summed E-state index contributed by atoms with van der Waals surface area (Å²) in [5, 5.41) is 8.53. The number of ether oxygens (including phenoxy) is 2. The van der Waals surface area contributed by atoms with Crippen molar-refractivity contribution in [2.24, 2.45) is 0 Å². The van der Waals surface area contributed by atoms with Crippen molar-refractivity contribution in [3.05, 3.63) is 54.4 Å². The van der Waals surface area contributed by atoms with Gasteiger partial charge in [0.05, 0.1) is 11.9 Å². The average Bonchev–Trinajstić information content (AvgIpc) is 3.53. The number of anilines is 1. The van der Waals surface area contributed by atoms with Crippen LogP contribution in [0.1, 0.15) is 25.0 Å². The number of hydrogen-bond donors (Lipinski definition) is 2. The van der Waals surface area contributed by atoms with E-state index in [4.69, 9.17) is 14.0 Å². The Hall–Kier alpha value is -4.25. The van der Waals surface area contributed by atoms with Gasteiger partial charge in [0.15, 0.2) is 5.54 Å². The number of barbiturate groups is 1. The molecule has 0 bridgehead atoms. The Kier molecular flexibility index (Phi) is 6.38. The third-order valence-corrected chi connectivity index (χ3v) is 6.32. The summed E-state index contributed by atoms with van der Waals surface area (Å²) in [6.45, 7) is 1.15. The highest BCUT2D eigenvalue weighted by Gasteiger charge is 2.57. The van der Waals surface area contributed by atoms with E-state index in [-0.39, 0.29) is 0 Å². The van der Waals surface area contributed by atoms with E-state index in [2.05, 4.69) is 20.8 Å². The average molecular weight is 492 g/mol. The number of nitrogens with one attached hydrogen (secondary N) is 2. The van der Waals surface area contributed by atoms with Gasteiger partial charge in [-0.15, -0.1) is 0 Å². The molecule has 2 aliphatic heterocycles. The molecule has 5 rings (SSSR count). The van der Waals surface area contributed by atoms with Crippen molar-refractivity contribution in [2.75, 3.05) is 25.2 Å². The van der Waals surface area contributed by atoms with Crippen molar-refractivity contribution in [2.45, 2.75) is 31.2 Å². The molecule has 4 amide bonds. The molecule has 1 aromatic carbocycles. The number of urea groups is 1. The largest absolute Gasteiger partial charge is 0.439 e. The summed E-state index contributed by atoms with van der Waals surface area (Å²) in [6.07, 6.45) is 4.11. The van der Waals surface area contributed by atoms with Crippen LogP contribution >= 0.6 is 0 Å². The van der Waals surface area contributed by atoms with Crippen LogP contribution < -0.4 is 20.3 Å². The lowest BCUT2D eigenvalue weighted by atomic mass is 9.92. The molecule has 2 aromatic heterocycles. The third-order valence-electron chi connectivity index (χ3n) is 6.32. The zero-order valence-electron chi connectivity index (χ0n) is 19.7. The lowest BCUT2D eigenvalue weighted by molar-refractivity contribution is -0.137. The zero-order chi connectivity index (χ0) is 25.1. The molecule has 0 aliphatic carbocycles. The first-order valence-electron chi connectivity index (χ1n) is 11.6. The molecule has 2 aliphatic rings. The molecule has 0 saturated carbocycles. The van der Waals surface area contributed by atoms with Gasteiger partial charge in [-0.1, -0.05) is 5.16 Å². The lowest BCUT2D eigenvalue weighted by Gasteiger charge is -2.38. The van der Waals surface area contributed by atoms with Crippen LogP contribution in [0.5, 0.6) is 11.6 Å². The van der Waals surface area contributed by atoms with Crippen LogP contribution in [0.4, 0.5) is 10.5 Å².